The number of sulfonamides is 1. The van der Waals surface area contributed by atoms with Gasteiger partial charge in [0.2, 0.25) is 10.0 Å². The second-order valence-electron chi connectivity index (χ2n) is 6.56. The topological polar surface area (TPSA) is 79.0 Å². The number of carbonyl (C=O) groups excluding carboxylic acids is 1. The summed E-state index contributed by atoms with van der Waals surface area (Å²) in [5, 5.41) is 2.87. The third kappa shape index (κ3) is 4.43. The molecule has 138 valence electrons. The van der Waals surface area contributed by atoms with E-state index in [1.54, 1.807) is 24.3 Å². The predicted molar refractivity (Wildman–Crippen MR) is 96.3 cm³/mol. The molecule has 0 radical (unpaired) electrons. The Morgan fingerprint density at radius 3 is 2.72 bits per heavy atom. The Hall–Kier alpha value is -1.80. The molecule has 1 saturated heterocycles. The number of fused-ring (bicyclic) bond motifs is 1. The number of likely N-dealkylation sites (tertiary alicyclic amines) is 1. The highest BCUT2D eigenvalue weighted by molar-refractivity contribution is 7.92. The van der Waals surface area contributed by atoms with Crippen molar-refractivity contribution in [3.05, 3.63) is 24.3 Å². The van der Waals surface area contributed by atoms with Crippen molar-refractivity contribution in [3.63, 3.8) is 0 Å². The van der Waals surface area contributed by atoms with Crippen molar-refractivity contribution in [2.24, 2.45) is 0 Å². The summed E-state index contributed by atoms with van der Waals surface area (Å²) in [6, 6.07) is 6.87. The number of anilines is 1. The van der Waals surface area contributed by atoms with Crippen LogP contribution in [-0.4, -0.2) is 64.3 Å². The van der Waals surface area contributed by atoms with Crippen molar-refractivity contribution in [1.82, 2.24) is 10.2 Å². The van der Waals surface area contributed by atoms with Gasteiger partial charge in [0.25, 0.3) is 5.91 Å². The van der Waals surface area contributed by atoms with Gasteiger partial charge in [0.15, 0.2) is 6.10 Å². The minimum atomic E-state index is -3.48. The maximum atomic E-state index is 12.4. The molecule has 1 aromatic carbocycles. The second-order valence-corrected chi connectivity index (χ2v) is 8.47. The molecular formula is C17H25N3O4S. The number of rotatable bonds is 6. The van der Waals surface area contributed by atoms with Crippen LogP contribution in [-0.2, 0) is 14.8 Å². The standard InChI is InChI=1S/C17H25N3O4S/c1-25(22,23)20-13-16(24-15-8-3-2-7-14(15)20)17(21)18-9-6-12-19-10-4-5-11-19/h2-3,7-8,16H,4-6,9-13H2,1H3,(H,18,21). The number of carbonyl (C=O) groups is 1. The number of hydrogen-bond acceptors (Lipinski definition) is 5. The Morgan fingerprint density at radius 1 is 1.28 bits per heavy atom. The molecule has 2 heterocycles. The third-order valence-electron chi connectivity index (χ3n) is 4.58. The van der Waals surface area contributed by atoms with E-state index < -0.39 is 16.1 Å². The minimum absolute atomic E-state index is 0.00615. The fourth-order valence-corrected chi connectivity index (χ4v) is 4.20. The van der Waals surface area contributed by atoms with Crippen LogP contribution in [0, 0.1) is 0 Å². The Kier molecular flexibility index (Phi) is 5.48. The molecule has 0 aliphatic carbocycles. The lowest BCUT2D eigenvalue weighted by Gasteiger charge is -2.33. The van der Waals surface area contributed by atoms with Gasteiger partial charge in [0.1, 0.15) is 5.75 Å². The number of nitrogens with zero attached hydrogens (tertiary/aromatic N) is 2. The zero-order chi connectivity index (χ0) is 17.9. The van der Waals surface area contributed by atoms with E-state index in [2.05, 4.69) is 10.2 Å². The van der Waals surface area contributed by atoms with Crippen molar-refractivity contribution in [3.8, 4) is 5.75 Å². The van der Waals surface area contributed by atoms with Crippen molar-refractivity contribution in [1.29, 1.82) is 0 Å². The smallest absolute Gasteiger partial charge is 0.263 e. The van der Waals surface area contributed by atoms with E-state index in [9.17, 15) is 13.2 Å². The zero-order valence-corrected chi connectivity index (χ0v) is 15.3. The Bertz CT molecular complexity index is 716. The normalized spacial score (nSPS) is 20.8. The van der Waals surface area contributed by atoms with Gasteiger partial charge in [-0.25, -0.2) is 8.42 Å². The van der Waals surface area contributed by atoms with Gasteiger partial charge in [-0.1, -0.05) is 12.1 Å². The molecule has 1 aromatic rings. The van der Waals surface area contributed by atoms with Gasteiger partial charge in [0.05, 0.1) is 18.5 Å². The Balaban J connectivity index is 1.58. The fourth-order valence-electron chi connectivity index (χ4n) is 3.29. The number of ether oxygens (including phenoxy) is 1. The van der Waals surface area contributed by atoms with Crippen LogP contribution in [0.25, 0.3) is 0 Å². The van der Waals surface area contributed by atoms with E-state index in [0.29, 0.717) is 18.0 Å². The lowest BCUT2D eigenvalue weighted by Crippen LogP contribution is -2.50. The molecule has 0 saturated carbocycles. The van der Waals surface area contributed by atoms with E-state index in [-0.39, 0.29) is 12.5 Å². The maximum Gasteiger partial charge on any atom is 0.263 e. The molecule has 3 rings (SSSR count). The summed E-state index contributed by atoms with van der Waals surface area (Å²) in [6.07, 6.45) is 3.69. The molecule has 0 spiro atoms. The summed E-state index contributed by atoms with van der Waals surface area (Å²) in [5.41, 5.74) is 0.475. The molecule has 2 aliphatic heterocycles. The van der Waals surface area contributed by atoms with E-state index >= 15 is 0 Å². The van der Waals surface area contributed by atoms with Crippen LogP contribution in [0.3, 0.4) is 0 Å². The average Bonchev–Trinajstić information content (AvgIpc) is 3.10. The lowest BCUT2D eigenvalue weighted by molar-refractivity contribution is -0.127. The molecule has 7 nitrogen and oxygen atoms in total. The number of benzene rings is 1. The average molecular weight is 367 g/mol. The number of hydrogen-bond donors (Lipinski definition) is 1. The van der Waals surface area contributed by atoms with Gasteiger partial charge < -0.3 is 15.0 Å². The largest absolute Gasteiger partial charge is 0.476 e. The van der Waals surface area contributed by atoms with Crippen LogP contribution in [0.5, 0.6) is 5.75 Å². The third-order valence-corrected chi connectivity index (χ3v) is 5.72. The first-order valence-corrected chi connectivity index (χ1v) is 10.5. The molecule has 1 N–H and O–H groups in total. The zero-order valence-electron chi connectivity index (χ0n) is 14.5. The Morgan fingerprint density at radius 2 is 2.00 bits per heavy atom. The molecule has 8 heteroatoms. The van der Waals surface area contributed by atoms with Gasteiger partial charge in [-0.05, 0) is 51.0 Å². The fraction of sp³-hybridized carbons (Fsp3) is 0.588. The minimum Gasteiger partial charge on any atom is -0.476 e. The summed E-state index contributed by atoms with van der Waals surface area (Å²) in [6.45, 7) is 3.81. The quantitative estimate of drug-likeness (QED) is 0.753. The summed E-state index contributed by atoms with van der Waals surface area (Å²) < 4.78 is 31.1. The molecule has 0 bridgehead atoms. The molecule has 1 atom stereocenters. The van der Waals surface area contributed by atoms with E-state index in [1.807, 2.05) is 0 Å². The van der Waals surface area contributed by atoms with Crippen molar-refractivity contribution < 1.29 is 17.9 Å². The molecule has 1 fully saturated rings. The van der Waals surface area contributed by atoms with E-state index in [4.69, 9.17) is 4.74 Å². The number of para-hydroxylation sites is 2. The predicted octanol–water partition coefficient (Wildman–Crippen LogP) is 0.816. The lowest BCUT2D eigenvalue weighted by atomic mass is 10.2. The first kappa shape index (κ1) is 18.0. The monoisotopic (exact) mass is 367 g/mol. The van der Waals surface area contributed by atoms with Crippen molar-refractivity contribution in [2.75, 3.05) is 43.3 Å². The summed E-state index contributed by atoms with van der Waals surface area (Å²) in [5.74, 6) is 0.140. The first-order valence-electron chi connectivity index (χ1n) is 8.68. The van der Waals surface area contributed by atoms with Crippen LogP contribution in [0.4, 0.5) is 5.69 Å². The van der Waals surface area contributed by atoms with Gasteiger partial charge in [-0.3, -0.25) is 9.10 Å². The Labute approximate surface area is 149 Å². The highest BCUT2D eigenvalue weighted by Gasteiger charge is 2.34. The van der Waals surface area contributed by atoms with Gasteiger partial charge in [-0.2, -0.15) is 0 Å². The van der Waals surface area contributed by atoms with Crippen molar-refractivity contribution in [2.45, 2.75) is 25.4 Å². The number of nitrogens with one attached hydrogen (secondary N) is 1. The number of amides is 1. The summed E-state index contributed by atoms with van der Waals surface area (Å²) in [7, 11) is -3.48. The van der Waals surface area contributed by atoms with Crippen LogP contribution < -0.4 is 14.4 Å². The molecular weight excluding hydrogens is 342 g/mol. The molecule has 2 aliphatic rings. The highest BCUT2D eigenvalue weighted by atomic mass is 32.2. The first-order chi connectivity index (χ1) is 11.9. The van der Waals surface area contributed by atoms with Gasteiger partial charge in [-0.15, -0.1) is 0 Å². The van der Waals surface area contributed by atoms with Gasteiger partial charge >= 0.3 is 0 Å². The molecule has 25 heavy (non-hydrogen) atoms. The van der Waals surface area contributed by atoms with Crippen LogP contribution in [0.1, 0.15) is 19.3 Å². The highest BCUT2D eigenvalue weighted by Crippen LogP contribution is 2.34. The van der Waals surface area contributed by atoms with Crippen LogP contribution >= 0.6 is 0 Å². The van der Waals surface area contributed by atoms with Crippen LogP contribution in [0.2, 0.25) is 0 Å². The van der Waals surface area contributed by atoms with E-state index in [0.717, 1.165) is 32.3 Å². The maximum absolute atomic E-state index is 12.4. The molecule has 0 aromatic heterocycles. The SMILES string of the molecule is CS(=O)(=O)N1CC(C(=O)NCCCN2CCCC2)Oc2ccccc21. The summed E-state index contributed by atoms with van der Waals surface area (Å²) in [4.78, 5) is 14.8. The van der Waals surface area contributed by atoms with Gasteiger partial charge in [0, 0.05) is 6.54 Å². The van der Waals surface area contributed by atoms with Crippen LogP contribution in [0.15, 0.2) is 24.3 Å². The van der Waals surface area contributed by atoms with E-state index in [1.165, 1.54) is 17.1 Å². The van der Waals surface area contributed by atoms with Crippen molar-refractivity contribution >= 4 is 21.6 Å². The molecule has 1 unspecified atom stereocenters. The molecule has 1 amide bonds. The second kappa shape index (κ2) is 7.61. The summed E-state index contributed by atoms with van der Waals surface area (Å²) >= 11 is 0.